The minimum atomic E-state index is -0.392. The Balaban J connectivity index is 2.20. The van der Waals surface area contributed by atoms with Crippen LogP contribution in [0.1, 0.15) is 39.3 Å². The van der Waals surface area contributed by atoms with Gasteiger partial charge in [-0.05, 0) is 61.5 Å². The first-order chi connectivity index (χ1) is 8.99. The van der Waals surface area contributed by atoms with Gasteiger partial charge in [-0.2, -0.15) is 0 Å². The second kappa shape index (κ2) is 5.45. The van der Waals surface area contributed by atoms with Crippen molar-refractivity contribution in [2.45, 2.75) is 26.8 Å². The van der Waals surface area contributed by atoms with E-state index in [1.54, 1.807) is 17.4 Å². The van der Waals surface area contributed by atoms with Crippen LogP contribution in [0.4, 0.5) is 5.69 Å². The van der Waals surface area contributed by atoms with Crippen molar-refractivity contribution in [3.63, 3.8) is 0 Å². The number of carbonyl (C=O) groups excluding carboxylic acids is 1. The largest absolute Gasteiger partial charge is 0.377 e. The van der Waals surface area contributed by atoms with Crippen LogP contribution in [0.15, 0.2) is 29.6 Å². The second-order valence-corrected chi connectivity index (χ2v) is 5.68. The van der Waals surface area contributed by atoms with Crippen LogP contribution in [-0.4, -0.2) is 5.91 Å². The van der Waals surface area contributed by atoms with E-state index in [4.69, 9.17) is 5.73 Å². The summed E-state index contributed by atoms with van der Waals surface area (Å²) in [5, 5.41) is 5.58. The number of amides is 1. The molecule has 2 aromatic rings. The molecule has 1 heterocycles. The summed E-state index contributed by atoms with van der Waals surface area (Å²) in [6.07, 6.45) is 0. The van der Waals surface area contributed by atoms with Crippen molar-refractivity contribution in [2.24, 2.45) is 5.73 Å². The minimum absolute atomic E-state index is 0.248. The van der Waals surface area contributed by atoms with Crippen molar-refractivity contribution < 1.29 is 4.79 Å². The molecule has 0 saturated carbocycles. The topological polar surface area (TPSA) is 55.1 Å². The van der Waals surface area contributed by atoms with Crippen LogP contribution in [0.5, 0.6) is 0 Å². The van der Waals surface area contributed by atoms with Crippen molar-refractivity contribution in [1.82, 2.24) is 0 Å². The lowest BCUT2D eigenvalue weighted by molar-refractivity contribution is 0.1000. The first-order valence-corrected chi connectivity index (χ1v) is 7.08. The molecule has 0 aliphatic heterocycles. The normalized spacial score (nSPS) is 12.2. The Morgan fingerprint density at radius 2 is 2.00 bits per heavy atom. The third-order valence-electron chi connectivity index (χ3n) is 3.18. The van der Waals surface area contributed by atoms with Gasteiger partial charge < -0.3 is 11.1 Å². The quantitative estimate of drug-likeness (QED) is 0.894. The summed E-state index contributed by atoms with van der Waals surface area (Å²) in [5.74, 6) is -0.392. The van der Waals surface area contributed by atoms with Gasteiger partial charge in [0.15, 0.2) is 0 Å². The summed E-state index contributed by atoms with van der Waals surface area (Å²) >= 11 is 1.75. The molecule has 3 nitrogen and oxygen atoms in total. The van der Waals surface area contributed by atoms with Gasteiger partial charge in [0.2, 0.25) is 5.91 Å². The van der Waals surface area contributed by atoms with E-state index < -0.39 is 5.91 Å². The summed E-state index contributed by atoms with van der Waals surface area (Å²) in [7, 11) is 0. The zero-order chi connectivity index (χ0) is 14.0. The molecule has 0 spiro atoms. The smallest absolute Gasteiger partial charge is 0.248 e. The number of benzene rings is 1. The van der Waals surface area contributed by atoms with Crippen LogP contribution in [-0.2, 0) is 0 Å². The lowest BCUT2D eigenvalue weighted by Crippen LogP contribution is -2.12. The van der Waals surface area contributed by atoms with Gasteiger partial charge in [-0.3, -0.25) is 4.79 Å². The monoisotopic (exact) mass is 274 g/mol. The Morgan fingerprint density at radius 3 is 2.53 bits per heavy atom. The van der Waals surface area contributed by atoms with Crippen LogP contribution < -0.4 is 11.1 Å². The Labute approximate surface area is 117 Å². The van der Waals surface area contributed by atoms with Crippen LogP contribution in [0.3, 0.4) is 0 Å². The minimum Gasteiger partial charge on any atom is -0.377 e. The van der Waals surface area contributed by atoms with Gasteiger partial charge in [0.1, 0.15) is 0 Å². The molecular formula is C15H18N2OS. The van der Waals surface area contributed by atoms with E-state index in [2.05, 4.69) is 30.6 Å². The van der Waals surface area contributed by atoms with E-state index in [9.17, 15) is 4.79 Å². The third kappa shape index (κ3) is 2.96. The fourth-order valence-electron chi connectivity index (χ4n) is 2.11. The third-order valence-corrected chi connectivity index (χ3v) is 4.38. The van der Waals surface area contributed by atoms with Gasteiger partial charge in [-0.1, -0.05) is 0 Å². The Morgan fingerprint density at radius 1 is 1.26 bits per heavy atom. The molecule has 1 aromatic heterocycles. The Kier molecular flexibility index (Phi) is 3.90. The van der Waals surface area contributed by atoms with E-state index in [0.29, 0.717) is 5.56 Å². The van der Waals surface area contributed by atoms with Gasteiger partial charge >= 0.3 is 0 Å². The molecular weight excluding hydrogens is 256 g/mol. The predicted octanol–water partition coefficient (Wildman–Crippen LogP) is 3.64. The molecule has 0 saturated heterocycles. The lowest BCUT2D eigenvalue weighted by atomic mass is 10.1. The van der Waals surface area contributed by atoms with Crippen LogP contribution >= 0.6 is 11.3 Å². The van der Waals surface area contributed by atoms with E-state index in [1.165, 1.54) is 10.4 Å². The maximum Gasteiger partial charge on any atom is 0.248 e. The summed E-state index contributed by atoms with van der Waals surface area (Å²) in [6, 6.07) is 7.86. The average Bonchev–Trinajstić information content (AvgIpc) is 2.77. The molecule has 1 unspecified atom stereocenters. The van der Waals surface area contributed by atoms with Gasteiger partial charge in [0.25, 0.3) is 0 Å². The van der Waals surface area contributed by atoms with E-state index in [0.717, 1.165) is 11.3 Å². The Bertz CT molecular complexity index is 604. The summed E-state index contributed by atoms with van der Waals surface area (Å²) in [5.41, 5.74) is 9.18. The molecule has 2 rings (SSSR count). The average molecular weight is 274 g/mol. The number of nitrogens with one attached hydrogen (secondary N) is 1. The first-order valence-electron chi connectivity index (χ1n) is 6.20. The Hall–Kier alpha value is -1.81. The number of anilines is 1. The number of nitrogens with two attached hydrogens (primary N) is 1. The molecule has 0 aliphatic carbocycles. The fourth-order valence-corrected chi connectivity index (χ4v) is 3.04. The fraction of sp³-hybridized carbons (Fsp3) is 0.267. The van der Waals surface area contributed by atoms with Gasteiger partial charge in [-0.15, -0.1) is 11.3 Å². The van der Waals surface area contributed by atoms with Gasteiger partial charge in [0.05, 0.1) is 6.04 Å². The predicted molar refractivity (Wildman–Crippen MR) is 80.8 cm³/mol. The molecule has 0 fully saturated rings. The van der Waals surface area contributed by atoms with Crippen molar-refractivity contribution in [3.8, 4) is 0 Å². The van der Waals surface area contributed by atoms with Crippen molar-refractivity contribution in [1.29, 1.82) is 0 Å². The summed E-state index contributed by atoms with van der Waals surface area (Å²) in [6.45, 7) is 6.23. The number of hydrogen-bond donors (Lipinski definition) is 2. The molecule has 0 radical (unpaired) electrons. The standard InChI is InChI=1S/C15H18N2OS/c1-9-6-7-19-14(9)11(3)17-13-5-4-12(15(16)18)8-10(13)2/h4-8,11,17H,1-3H3,(H2,16,18). The zero-order valence-electron chi connectivity index (χ0n) is 11.4. The van der Waals surface area contributed by atoms with E-state index in [-0.39, 0.29) is 6.04 Å². The molecule has 3 N–H and O–H groups in total. The number of hydrogen-bond acceptors (Lipinski definition) is 3. The van der Waals surface area contributed by atoms with Crippen LogP contribution in [0, 0.1) is 13.8 Å². The van der Waals surface area contributed by atoms with Gasteiger partial charge in [-0.25, -0.2) is 0 Å². The van der Waals surface area contributed by atoms with Crippen LogP contribution in [0.2, 0.25) is 0 Å². The molecule has 0 bridgehead atoms. The van der Waals surface area contributed by atoms with Crippen molar-refractivity contribution >= 4 is 22.9 Å². The van der Waals surface area contributed by atoms with E-state index >= 15 is 0 Å². The molecule has 1 atom stereocenters. The summed E-state index contributed by atoms with van der Waals surface area (Å²) in [4.78, 5) is 12.5. The number of primary amides is 1. The number of thiophene rings is 1. The second-order valence-electron chi connectivity index (χ2n) is 4.73. The molecule has 100 valence electrons. The lowest BCUT2D eigenvalue weighted by Gasteiger charge is -2.17. The van der Waals surface area contributed by atoms with E-state index in [1.807, 2.05) is 19.1 Å². The molecule has 0 aliphatic rings. The first kappa shape index (κ1) is 13.6. The van der Waals surface area contributed by atoms with Crippen molar-refractivity contribution in [2.75, 3.05) is 5.32 Å². The number of aryl methyl sites for hydroxylation is 2. The maximum atomic E-state index is 11.1. The molecule has 1 amide bonds. The highest BCUT2D eigenvalue weighted by atomic mass is 32.1. The highest BCUT2D eigenvalue weighted by Crippen LogP contribution is 2.28. The highest BCUT2D eigenvalue weighted by molar-refractivity contribution is 7.10. The number of carbonyl (C=O) groups is 1. The molecule has 1 aromatic carbocycles. The zero-order valence-corrected chi connectivity index (χ0v) is 12.2. The highest BCUT2D eigenvalue weighted by Gasteiger charge is 2.11. The number of rotatable bonds is 4. The SMILES string of the molecule is Cc1cc(C(N)=O)ccc1NC(C)c1sccc1C. The summed E-state index contributed by atoms with van der Waals surface area (Å²) < 4.78 is 0. The molecule has 19 heavy (non-hydrogen) atoms. The van der Waals surface area contributed by atoms with Crippen LogP contribution in [0.25, 0.3) is 0 Å². The molecule has 4 heteroatoms. The van der Waals surface area contributed by atoms with Gasteiger partial charge in [0, 0.05) is 16.1 Å². The maximum absolute atomic E-state index is 11.1. The van der Waals surface area contributed by atoms with Crippen molar-refractivity contribution in [3.05, 3.63) is 51.2 Å².